The van der Waals surface area contributed by atoms with Crippen LogP contribution < -0.4 is 9.88 Å². The van der Waals surface area contributed by atoms with E-state index in [1.54, 1.807) is 36.0 Å². The fraction of sp³-hybridized carbons (Fsp3) is 0.222. The minimum Gasteiger partial charge on any atom is -0.366 e. The molecule has 2 heterocycles. The van der Waals surface area contributed by atoms with Gasteiger partial charge in [-0.2, -0.15) is 9.83 Å². The first-order valence-electron chi connectivity index (χ1n) is 7.89. The molecule has 0 amide bonds. The predicted octanol–water partition coefficient (Wildman–Crippen LogP) is 2.18. The Labute approximate surface area is 155 Å². The van der Waals surface area contributed by atoms with Crippen LogP contribution in [0, 0.1) is 21.4 Å². The van der Waals surface area contributed by atoms with Crippen LogP contribution in [0.4, 0.5) is 5.69 Å². The number of rotatable bonds is 3. The number of non-ortho nitro benzene ring substituents is 1. The Hall–Kier alpha value is -2.89. The topological polar surface area (TPSA) is 103 Å². The van der Waals surface area contributed by atoms with Crippen molar-refractivity contribution >= 4 is 18.3 Å². The van der Waals surface area contributed by atoms with E-state index in [1.807, 2.05) is 18.2 Å². The standard InChI is InChI=1S/C18H16N4O3S/c1-18(23)16(21-8-3-2-4-9-21)15(14(11-19)17(26)20-18)12-6-5-7-13(10-12)22(24)25/h2-10,15-16,20,23H,1H3/p+1. The van der Waals surface area contributed by atoms with Crippen molar-refractivity contribution in [2.45, 2.75) is 24.6 Å². The summed E-state index contributed by atoms with van der Waals surface area (Å²) in [5.74, 6) is -0.615. The van der Waals surface area contributed by atoms with Crippen LogP contribution in [-0.2, 0) is 0 Å². The van der Waals surface area contributed by atoms with Crippen LogP contribution in [0.25, 0.3) is 0 Å². The third kappa shape index (κ3) is 3.14. The normalized spacial score (nSPS) is 25.3. The van der Waals surface area contributed by atoms with E-state index in [4.69, 9.17) is 0 Å². The fourth-order valence-electron chi connectivity index (χ4n) is 3.37. The molecule has 132 valence electrons. The molecule has 0 spiro atoms. The number of nitriles is 1. The van der Waals surface area contributed by atoms with Crippen molar-refractivity contribution in [1.29, 1.82) is 5.26 Å². The van der Waals surface area contributed by atoms with Crippen LogP contribution in [0.3, 0.4) is 0 Å². The van der Waals surface area contributed by atoms with Crippen molar-refractivity contribution in [2.24, 2.45) is 0 Å². The van der Waals surface area contributed by atoms with E-state index in [0.717, 1.165) is 0 Å². The quantitative estimate of drug-likeness (QED) is 0.333. The summed E-state index contributed by atoms with van der Waals surface area (Å²) in [7, 11) is 0. The lowest BCUT2D eigenvalue weighted by Gasteiger charge is -2.39. The molecule has 26 heavy (non-hydrogen) atoms. The fourth-order valence-corrected chi connectivity index (χ4v) is 3.79. The molecule has 0 radical (unpaired) electrons. The number of nitro benzene ring substituents is 1. The van der Waals surface area contributed by atoms with E-state index in [-0.39, 0.29) is 10.7 Å². The number of benzene rings is 1. The number of allylic oxidation sites excluding steroid dienone is 1. The summed E-state index contributed by atoms with van der Waals surface area (Å²) in [6.07, 6.45) is 3.56. The van der Waals surface area contributed by atoms with Gasteiger partial charge in [-0.3, -0.25) is 10.1 Å². The molecular formula is C18H17N4O3S+. The van der Waals surface area contributed by atoms with Gasteiger partial charge in [0.2, 0.25) is 6.04 Å². The van der Waals surface area contributed by atoms with E-state index in [9.17, 15) is 20.5 Å². The van der Waals surface area contributed by atoms with Gasteiger partial charge >= 0.3 is 0 Å². The molecule has 1 aliphatic heterocycles. The third-order valence-corrected chi connectivity index (χ3v) is 4.80. The number of aliphatic hydroxyl groups is 1. The van der Waals surface area contributed by atoms with Gasteiger partial charge in [0.25, 0.3) is 5.69 Å². The Morgan fingerprint density at radius 3 is 2.65 bits per heavy atom. The van der Waals surface area contributed by atoms with E-state index in [1.165, 1.54) is 12.1 Å². The highest BCUT2D eigenvalue weighted by Gasteiger charge is 2.51. The first-order chi connectivity index (χ1) is 12.3. The van der Waals surface area contributed by atoms with Gasteiger partial charge in [-0.1, -0.05) is 18.2 Å². The Morgan fingerprint density at radius 1 is 1.35 bits per heavy atom. The summed E-state index contributed by atoms with van der Waals surface area (Å²) in [5, 5.41) is 35.0. The van der Waals surface area contributed by atoms with E-state index < -0.39 is 22.6 Å². The number of thiol groups is 1. The first kappa shape index (κ1) is 17.9. The van der Waals surface area contributed by atoms with E-state index >= 15 is 0 Å². The van der Waals surface area contributed by atoms with Gasteiger partial charge in [0.1, 0.15) is 0 Å². The highest BCUT2D eigenvalue weighted by atomic mass is 32.1. The van der Waals surface area contributed by atoms with Crippen LogP contribution in [-0.4, -0.2) is 15.8 Å². The van der Waals surface area contributed by atoms with Gasteiger partial charge in [-0.05, 0) is 12.5 Å². The monoisotopic (exact) mass is 369 g/mol. The lowest BCUT2D eigenvalue weighted by atomic mass is 9.78. The number of nitrogens with one attached hydrogen (secondary N) is 1. The highest BCUT2D eigenvalue weighted by Crippen LogP contribution is 2.43. The highest BCUT2D eigenvalue weighted by molar-refractivity contribution is 7.84. The van der Waals surface area contributed by atoms with Gasteiger partial charge in [0.05, 0.1) is 27.5 Å². The molecule has 2 N–H and O–H groups in total. The lowest BCUT2D eigenvalue weighted by molar-refractivity contribution is -0.741. The summed E-state index contributed by atoms with van der Waals surface area (Å²) in [6.45, 7) is 1.59. The molecule has 0 fully saturated rings. The summed E-state index contributed by atoms with van der Waals surface area (Å²) in [4.78, 5) is 10.7. The van der Waals surface area contributed by atoms with Crippen LogP contribution in [0.2, 0.25) is 0 Å². The number of hydrogen-bond acceptors (Lipinski definition) is 6. The average molecular weight is 369 g/mol. The number of aromatic nitrogens is 1. The molecule has 2 aromatic rings. The largest absolute Gasteiger partial charge is 0.366 e. The zero-order chi connectivity index (χ0) is 18.9. The molecule has 3 atom stereocenters. The molecular weight excluding hydrogens is 352 g/mol. The maximum atomic E-state index is 11.2. The minimum atomic E-state index is -1.43. The van der Waals surface area contributed by atoms with Gasteiger partial charge in [0, 0.05) is 24.3 Å². The molecule has 3 unspecified atom stereocenters. The van der Waals surface area contributed by atoms with Crippen molar-refractivity contribution in [3.63, 3.8) is 0 Å². The second-order valence-corrected chi connectivity index (χ2v) is 6.69. The summed E-state index contributed by atoms with van der Waals surface area (Å²) in [6, 6.07) is 13.1. The number of nitro groups is 1. The van der Waals surface area contributed by atoms with Crippen molar-refractivity contribution in [2.75, 3.05) is 0 Å². The van der Waals surface area contributed by atoms with Crippen molar-refractivity contribution in [1.82, 2.24) is 5.32 Å². The number of hydrogen-bond donors (Lipinski definition) is 3. The van der Waals surface area contributed by atoms with E-state index in [0.29, 0.717) is 11.1 Å². The molecule has 0 aliphatic carbocycles. The molecule has 0 saturated carbocycles. The Balaban J connectivity index is 2.25. The van der Waals surface area contributed by atoms with Gasteiger partial charge < -0.3 is 10.4 Å². The van der Waals surface area contributed by atoms with Crippen LogP contribution in [0.15, 0.2) is 65.5 Å². The zero-order valence-corrected chi connectivity index (χ0v) is 14.8. The zero-order valence-electron chi connectivity index (χ0n) is 13.9. The molecule has 1 aromatic heterocycles. The van der Waals surface area contributed by atoms with Crippen LogP contribution in [0.1, 0.15) is 24.4 Å². The van der Waals surface area contributed by atoms with Gasteiger partial charge in [-0.25, -0.2) is 0 Å². The van der Waals surface area contributed by atoms with Crippen LogP contribution >= 0.6 is 12.6 Å². The SMILES string of the molecule is CC1(O)NC(S)=C(C#N)C(c2cccc([N+](=O)[O-])c2)C1[n+]1ccccc1. The first-order valence-corrected chi connectivity index (χ1v) is 8.34. The average Bonchev–Trinajstić information content (AvgIpc) is 2.61. The molecule has 0 saturated heterocycles. The minimum absolute atomic E-state index is 0.0736. The summed E-state index contributed by atoms with van der Waals surface area (Å²) < 4.78 is 1.79. The number of nitrogens with zero attached hydrogens (tertiary/aromatic N) is 3. The van der Waals surface area contributed by atoms with Gasteiger partial charge in [-0.15, -0.1) is 12.6 Å². The molecule has 0 bridgehead atoms. The molecule has 7 nitrogen and oxygen atoms in total. The maximum absolute atomic E-state index is 11.2. The Kier molecular flexibility index (Phi) is 4.68. The summed E-state index contributed by atoms with van der Waals surface area (Å²) in [5.41, 5.74) is -0.638. The number of pyridine rings is 1. The predicted molar refractivity (Wildman–Crippen MR) is 96.9 cm³/mol. The van der Waals surface area contributed by atoms with Crippen LogP contribution in [0.5, 0.6) is 0 Å². The second-order valence-electron chi connectivity index (χ2n) is 6.24. The third-order valence-electron chi connectivity index (χ3n) is 4.45. The van der Waals surface area contributed by atoms with Gasteiger partial charge in [0.15, 0.2) is 18.1 Å². The molecule has 1 aliphatic rings. The maximum Gasteiger partial charge on any atom is 0.269 e. The van der Waals surface area contributed by atoms with E-state index in [2.05, 4.69) is 24.0 Å². The smallest absolute Gasteiger partial charge is 0.269 e. The van der Waals surface area contributed by atoms with Crippen molar-refractivity contribution < 1.29 is 14.6 Å². The van der Waals surface area contributed by atoms with Crippen molar-refractivity contribution in [3.8, 4) is 6.07 Å². The molecule has 1 aromatic carbocycles. The van der Waals surface area contributed by atoms with Crippen molar-refractivity contribution in [3.05, 3.63) is 81.1 Å². The molecule has 8 heteroatoms. The summed E-state index contributed by atoms with van der Waals surface area (Å²) >= 11 is 4.32. The Bertz CT molecular complexity index is 922. The lowest BCUT2D eigenvalue weighted by Crippen LogP contribution is -2.62. The molecule has 3 rings (SSSR count). The Morgan fingerprint density at radius 2 is 2.04 bits per heavy atom. The second kappa shape index (κ2) is 6.78.